The van der Waals surface area contributed by atoms with E-state index in [1.807, 2.05) is 24.3 Å². The van der Waals surface area contributed by atoms with Crippen LogP contribution >= 0.6 is 22.7 Å². The molecule has 78 valence electrons. The van der Waals surface area contributed by atoms with Gasteiger partial charge in [-0.15, -0.1) is 22.7 Å². The van der Waals surface area contributed by atoms with Crippen LogP contribution < -0.4 is 0 Å². The van der Waals surface area contributed by atoms with Crippen molar-refractivity contribution in [1.82, 2.24) is 9.97 Å². The molecule has 0 amide bonds. The first kappa shape index (κ1) is 9.69. The molecule has 0 atom stereocenters. The molecular weight excluding hydrogens is 236 g/mol. The normalized spacial score (nSPS) is 10.5. The number of nitrogens with zero attached hydrogens (tertiary/aromatic N) is 2. The molecular formula is C12H8N2S2. The van der Waals surface area contributed by atoms with Crippen molar-refractivity contribution in [3.05, 3.63) is 47.3 Å². The molecule has 2 nitrogen and oxygen atoms in total. The zero-order chi connectivity index (χ0) is 10.8. The van der Waals surface area contributed by atoms with Crippen LogP contribution in [-0.2, 0) is 0 Å². The summed E-state index contributed by atoms with van der Waals surface area (Å²) in [6.45, 7) is 0. The molecule has 0 saturated heterocycles. The lowest BCUT2D eigenvalue weighted by molar-refractivity contribution is 1.28. The Morgan fingerprint density at radius 1 is 0.938 bits per heavy atom. The van der Waals surface area contributed by atoms with Crippen molar-refractivity contribution < 1.29 is 0 Å². The zero-order valence-electron chi connectivity index (χ0n) is 8.33. The van der Waals surface area contributed by atoms with E-state index in [0.717, 1.165) is 16.4 Å². The molecule has 0 aliphatic heterocycles. The van der Waals surface area contributed by atoms with Crippen LogP contribution in [0.15, 0.2) is 47.3 Å². The van der Waals surface area contributed by atoms with Gasteiger partial charge in [0.2, 0.25) is 0 Å². The maximum Gasteiger partial charge on any atom is 0.134 e. The quantitative estimate of drug-likeness (QED) is 0.682. The first-order valence-electron chi connectivity index (χ1n) is 4.84. The summed E-state index contributed by atoms with van der Waals surface area (Å²) in [7, 11) is 0. The van der Waals surface area contributed by atoms with Gasteiger partial charge in [0.1, 0.15) is 10.7 Å². The van der Waals surface area contributed by atoms with Gasteiger partial charge in [0.25, 0.3) is 0 Å². The molecule has 0 radical (unpaired) electrons. The van der Waals surface area contributed by atoms with Gasteiger partial charge in [-0.3, -0.25) is 4.98 Å². The Balaban J connectivity index is 2.00. The van der Waals surface area contributed by atoms with Gasteiger partial charge in [-0.1, -0.05) is 12.1 Å². The van der Waals surface area contributed by atoms with E-state index in [4.69, 9.17) is 0 Å². The fraction of sp³-hybridized carbons (Fsp3) is 0. The summed E-state index contributed by atoms with van der Waals surface area (Å²) in [5, 5.41) is 5.19. The predicted octanol–water partition coefficient (Wildman–Crippen LogP) is 3.93. The monoisotopic (exact) mass is 244 g/mol. The smallest absolute Gasteiger partial charge is 0.134 e. The van der Waals surface area contributed by atoms with Crippen molar-refractivity contribution in [2.75, 3.05) is 0 Å². The molecule has 3 rings (SSSR count). The first-order chi connectivity index (χ1) is 7.93. The highest BCUT2D eigenvalue weighted by molar-refractivity contribution is 7.20. The van der Waals surface area contributed by atoms with E-state index in [9.17, 15) is 0 Å². The van der Waals surface area contributed by atoms with Crippen molar-refractivity contribution in [3.63, 3.8) is 0 Å². The highest BCUT2D eigenvalue weighted by atomic mass is 32.1. The Bertz CT molecular complexity index is 570. The van der Waals surface area contributed by atoms with Crippen LogP contribution in [0.2, 0.25) is 0 Å². The number of aromatic nitrogens is 2. The number of rotatable bonds is 2. The van der Waals surface area contributed by atoms with Gasteiger partial charge in [0.15, 0.2) is 0 Å². The van der Waals surface area contributed by atoms with Crippen molar-refractivity contribution in [3.8, 4) is 21.3 Å². The molecule has 0 spiro atoms. The second-order valence-electron chi connectivity index (χ2n) is 3.23. The fourth-order valence-corrected chi connectivity index (χ4v) is 3.05. The standard InChI is InChI=1S/C12H8N2S2/c1-2-6-13-9(4-1)10-8-16-12(14-10)11-5-3-7-15-11/h1-8H. The van der Waals surface area contributed by atoms with Crippen LogP contribution in [0.3, 0.4) is 0 Å². The van der Waals surface area contributed by atoms with Crippen molar-refractivity contribution in [1.29, 1.82) is 0 Å². The van der Waals surface area contributed by atoms with Gasteiger partial charge in [-0.05, 0) is 23.6 Å². The molecule has 3 aromatic heterocycles. The minimum absolute atomic E-state index is 0.932. The molecule has 3 heterocycles. The Kier molecular flexibility index (Phi) is 2.52. The molecule has 4 heteroatoms. The SMILES string of the molecule is c1ccc(-c2csc(-c3cccs3)n2)nc1. The Morgan fingerprint density at radius 2 is 1.94 bits per heavy atom. The van der Waals surface area contributed by atoms with E-state index in [0.29, 0.717) is 0 Å². The number of hydrogen-bond acceptors (Lipinski definition) is 4. The zero-order valence-corrected chi connectivity index (χ0v) is 9.96. The predicted molar refractivity (Wildman–Crippen MR) is 68.7 cm³/mol. The lowest BCUT2D eigenvalue weighted by atomic mass is 10.3. The fourth-order valence-electron chi connectivity index (χ4n) is 1.42. The highest BCUT2D eigenvalue weighted by Gasteiger charge is 2.07. The van der Waals surface area contributed by atoms with E-state index in [2.05, 4.69) is 26.8 Å². The van der Waals surface area contributed by atoms with E-state index in [1.165, 1.54) is 4.88 Å². The second-order valence-corrected chi connectivity index (χ2v) is 5.04. The molecule has 0 aromatic carbocycles. The van der Waals surface area contributed by atoms with Crippen molar-refractivity contribution >= 4 is 22.7 Å². The summed E-state index contributed by atoms with van der Waals surface area (Å²) in [6.07, 6.45) is 1.79. The van der Waals surface area contributed by atoms with Crippen LogP contribution in [0, 0.1) is 0 Å². The maximum absolute atomic E-state index is 4.59. The summed E-state index contributed by atoms with van der Waals surface area (Å²) in [5.74, 6) is 0. The van der Waals surface area contributed by atoms with E-state index >= 15 is 0 Å². The van der Waals surface area contributed by atoms with E-state index < -0.39 is 0 Å². The van der Waals surface area contributed by atoms with E-state index in [-0.39, 0.29) is 0 Å². The number of pyridine rings is 1. The highest BCUT2D eigenvalue weighted by Crippen LogP contribution is 2.30. The van der Waals surface area contributed by atoms with Crippen LogP contribution in [-0.4, -0.2) is 9.97 Å². The summed E-state index contributed by atoms with van der Waals surface area (Å²) >= 11 is 3.37. The van der Waals surface area contributed by atoms with Crippen LogP contribution in [0.4, 0.5) is 0 Å². The van der Waals surface area contributed by atoms with Crippen molar-refractivity contribution in [2.45, 2.75) is 0 Å². The molecule has 0 bridgehead atoms. The van der Waals surface area contributed by atoms with Gasteiger partial charge in [-0.2, -0.15) is 0 Å². The lowest BCUT2D eigenvalue weighted by Crippen LogP contribution is -1.81. The second kappa shape index (κ2) is 4.15. The van der Waals surface area contributed by atoms with Gasteiger partial charge in [-0.25, -0.2) is 4.98 Å². The third-order valence-corrected chi connectivity index (χ3v) is 4.04. The first-order valence-corrected chi connectivity index (χ1v) is 6.60. The summed E-state index contributed by atoms with van der Waals surface area (Å²) in [5.41, 5.74) is 1.88. The number of hydrogen-bond donors (Lipinski definition) is 0. The average molecular weight is 244 g/mol. The molecule has 0 aliphatic rings. The molecule has 0 saturated carbocycles. The largest absolute Gasteiger partial charge is 0.255 e. The molecule has 0 N–H and O–H groups in total. The number of thiazole rings is 1. The van der Waals surface area contributed by atoms with Crippen LogP contribution in [0.1, 0.15) is 0 Å². The molecule has 0 unspecified atom stereocenters. The Labute approximate surface area is 101 Å². The Hall–Kier alpha value is -1.52. The Morgan fingerprint density at radius 3 is 2.69 bits per heavy atom. The summed E-state index contributed by atoms with van der Waals surface area (Å²) in [6, 6.07) is 10.0. The summed E-state index contributed by atoms with van der Waals surface area (Å²) < 4.78 is 0. The minimum Gasteiger partial charge on any atom is -0.255 e. The minimum atomic E-state index is 0.932. The lowest BCUT2D eigenvalue weighted by Gasteiger charge is -1.92. The molecule has 16 heavy (non-hydrogen) atoms. The third kappa shape index (κ3) is 1.77. The molecule has 3 aromatic rings. The topological polar surface area (TPSA) is 25.8 Å². The third-order valence-electron chi connectivity index (χ3n) is 2.16. The van der Waals surface area contributed by atoms with Gasteiger partial charge >= 0.3 is 0 Å². The van der Waals surface area contributed by atoms with E-state index in [1.54, 1.807) is 28.9 Å². The molecule has 0 fully saturated rings. The molecule has 0 aliphatic carbocycles. The maximum atomic E-state index is 4.59. The van der Waals surface area contributed by atoms with Gasteiger partial charge in [0, 0.05) is 11.6 Å². The number of thiophene rings is 1. The van der Waals surface area contributed by atoms with Crippen LogP contribution in [0.5, 0.6) is 0 Å². The van der Waals surface area contributed by atoms with Gasteiger partial charge < -0.3 is 0 Å². The summed E-state index contributed by atoms with van der Waals surface area (Å²) in [4.78, 5) is 10.1. The van der Waals surface area contributed by atoms with Crippen LogP contribution in [0.25, 0.3) is 21.3 Å². The van der Waals surface area contributed by atoms with Gasteiger partial charge in [0.05, 0.1) is 10.6 Å². The average Bonchev–Trinajstić information content (AvgIpc) is 3.01. The van der Waals surface area contributed by atoms with Crippen molar-refractivity contribution in [2.24, 2.45) is 0 Å².